The normalized spacial score (nSPS) is 10.7. The molecule has 1 aromatic carbocycles. The number of hydrogen-bond donors (Lipinski definition) is 2. The van der Waals surface area contributed by atoms with E-state index in [1.807, 2.05) is 37.3 Å². The molecule has 0 bridgehead atoms. The van der Waals surface area contributed by atoms with Crippen molar-refractivity contribution in [3.8, 4) is 5.75 Å². The lowest BCUT2D eigenvalue weighted by atomic mass is 10.2. The molecule has 0 saturated carbocycles. The zero-order valence-corrected chi connectivity index (χ0v) is 12.8. The number of nitrogens with zero attached hydrogens (tertiary/aromatic N) is 2. The molecule has 0 unspecified atom stereocenters. The number of benzene rings is 1. The molecule has 1 heterocycles. The number of nitrogens with two attached hydrogens (primary N) is 1. The van der Waals surface area contributed by atoms with E-state index in [2.05, 4.69) is 29.1 Å². The lowest BCUT2D eigenvalue weighted by Crippen LogP contribution is -2.10. The van der Waals surface area contributed by atoms with Crippen LogP contribution < -0.4 is 15.8 Å². The number of rotatable bonds is 6. The summed E-state index contributed by atoms with van der Waals surface area (Å²) in [6.45, 7) is 7.15. The maximum Gasteiger partial charge on any atom is 0.134 e. The summed E-state index contributed by atoms with van der Waals surface area (Å²) in [6.07, 6.45) is 0. The fourth-order valence-electron chi connectivity index (χ4n) is 1.90. The second kappa shape index (κ2) is 7.04. The second-order valence-electron chi connectivity index (χ2n) is 5.20. The third-order valence-electron chi connectivity index (χ3n) is 2.88. The minimum atomic E-state index is 0.296. The molecule has 5 nitrogen and oxygen atoms in total. The Morgan fingerprint density at radius 3 is 2.76 bits per heavy atom. The van der Waals surface area contributed by atoms with Crippen molar-refractivity contribution in [2.45, 2.75) is 26.7 Å². The number of hydrogen-bond acceptors (Lipinski definition) is 5. The SMILES string of the molecule is Cc1cc(Nc2cccc(OCCN)c2)nc(C(C)C)n1. The lowest BCUT2D eigenvalue weighted by Gasteiger charge is -2.11. The highest BCUT2D eigenvalue weighted by molar-refractivity contribution is 5.58. The first-order valence-corrected chi connectivity index (χ1v) is 7.14. The predicted molar refractivity (Wildman–Crippen MR) is 85.1 cm³/mol. The monoisotopic (exact) mass is 286 g/mol. The smallest absolute Gasteiger partial charge is 0.134 e. The van der Waals surface area contributed by atoms with Crippen molar-refractivity contribution < 1.29 is 4.74 Å². The van der Waals surface area contributed by atoms with Crippen LogP contribution in [0.15, 0.2) is 30.3 Å². The van der Waals surface area contributed by atoms with Crippen molar-refractivity contribution in [2.75, 3.05) is 18.5 Å². The molecule has 0 saturated heterocycles. The van der Waals surface area contributed by atoms with Gasteiger partial charge in [-0.3, -0.25) is 0 Å². The molecule has 0 aliphatic rings. The Balaban J connectivity index is 2.17. The van der Waals surface area contributed by atoms with E-state index in [1.165, 1.54) is 0 Å². The van der Waals surface area contributed by atoms with Crippen LogP contribution in [-0.2, 0) is 0 Å². The van der Waals surface area contributed by atoms with Crippen molar-refractivity contribution in [3.05, 3.63) is 41.9 Å². The maximum absolute atomic E-state index is 5.52. The van der Waals surface area contributed by atoms with E-state index >= 15 is 0 Å². The molecule has 2 rings (SSSR count). The van der Waals surface area contributed by atoms with Gasteiger partial charge in [0, 0.05) is 36.0 Å². The number of aromatic nitrogens is 2. The summed E-state index contributed by atoms with van der Waals surface area (Å²) in [4.78, 5) is 8.98. The molecular formula is C16H22N4O. The van der Waals surface area contributed by atoms with E-state index in [0.29, 0.717) is 19.1 Å². The van der Waals surface area contributed by atoms with Gasteiger partial charge in [-0.1, -0.05) is 19.9 Å². The Morgan fingerprint density at radius 1 is 1.24 bits per heavy atom. The highest BCUT2D eigenvalue weighted by atomic mass is 16.5. The van der Waals surface area contributed by atoms with Crippen LogP contribution in [0.1, 0.15) is 31.3 Å². The molecule has 1 aromatic heterocycles. The Kier molecular flexibility index (Phi) is 5.11. The molecule has 21 heavy (non-hydrogen) atoms. The lowest BCUT2D eigenvalue weighted by molar-refractivity contribution is 0.328. The maximum atomic E-state index is 5.52. The summed E-state index contributed by atoms with van der Waals surface area (Å²) in [7, 11) is 0. The first-order valence-electron chi connectivity index (χ1n) is 7.14. The molecule has 0 radical (unpaired) electrons. The van der Waals surface area contributed by atoms with Gasteiger partial charge in [0.15, 0.2) is 0 Å². The predicted octanol–water partition coefficient (Wildman–Crippen LogP) is 2.99. The average molecular weight is 286 g/mol. The van der Waals surface area contributed by atoms with E-state index in [-0.39, 0.29) is 0 Å². The third kappa shape index (κ3) is 4.43. The highest BCUT2D eigenvalue weighted by Crippen LogP contribution is 2.22. The van der Waals surface area contributed by atoms with Crippen molar-refractivity contribution in [1.29, 1.82) is 0 Å². The Hall–Kier alpha value is -2.14. The molecule has 5 heteroatoms. The summed E-state index contributed by atoms with van der Waals surface area (Å²) in [5, 5.41) is 3.29. The molecule has 112 valence electrons. The molecule has 0 aliphatic carbocycles. The van der Waals surface area contributed by atoms with Gasteiger partial charge in [0.05, 0.1) is 0 Å². The van der Waals surface area contributed by atoms with Crippen molar-refractivity contribution >= 4 is 11.5 Å². The largest absolute Gasteiger partial charge is 0.492 e. The molecule has 0 fully saturated rings. The van der Waals surface area contributed by atoms with Gasteiger partial charge in [0.1, 0.15) is 24.0 Å². The van der Waals surface area contributed by atoms with Gasteiger partial charge in [0.2, 0.25) is 0 Å². The number of anilines is 2. The van der Waals surface area contributed by atoms with E-state index in [9.17, 15) is 0 Å². The standard InChI is InChI=1S/C16H22N4O/c1-11(2)16-18-12(3)9-15(20-16)19-13-5-4-6-14(10-13)21-8-7-17/h4-6,9-11H,7-8,17H2,1-3H3,(H,18,19,20). The van der Waals surface area contributed by atoms with Crippen LogP contribution in [0.25, 0.3) is 0 Å². The third-order valence-corrected chi connectivity index (χ3v) is 2.88. The molecule has 2 aromatic rings. The molecule has 0 spiro atoms. The molecule has 0 atom stereocenters. The number of ether oxygens (including phenoxy) is 1. The molecule has 0 amide bonds. The van der Waals surface area contributed by atoms with Crippen LogP contribution >= 0.6 is 0 Å². The van der Waals surface area contributed by atoms with Gasteiger partial charge in [-0.2, -0.15) is 0 Å². The first kappa shape index (κ1) is 15.3. The van der Waals surface area contributed by atoms with Crippen LogP contribution in [0.3, 0.4) is 0 Å². The van der Waals surface area contributed by atoms with Crippen LogP contribution in [0.5, 0.6) is 5.75 Å². The molecule has 0 aliphatic heterocycles. The van der Waals surface area contributed by atoms with Gasteiger partial charge in [-0.25, -0.2) is 9.97 Å². The van der Waals surface area contributed by atoms with E-state index in [1.54, 1.807) is 0 Å². The van der Waals surface area contributed by atoms with Crippen molar-refractivity contribution in [1.82, 2.24) is 9.97 Å². The zero-order chi connectivity index (χ0) is 15.2. The van der Waals surface area contributed by atoms with Gasteiger partial charge >= 0.3 is 0 Å². The van der Waals surface area contributed by atoms with E-state index < -0.39 is 0 Å². The zero-order valence-electron chi connectivity index (χ0n) is 12.8. The minimum Gasteiger partial charge on any atom is -0.492 e. The summed E-state index contributed by atoms with van der Waals surface area (Å²) in [5.74, 6) is 2.72. The fraction of sp³-hybridized carbons (Fsp3) is 0.375. The first-order chi connectivity index (χ1) is 10.1. The Labute approximate surface area is 125 Å². The topological polar surface area (TPSA) is 73.1 Å². The summed E-state index contributed by atoms with van der Waals surface area (Å²) < 4.78 is 5.52. The van der Waals surface area contributed by atoms with E-state index in [0.717, 1.165) is 28.8 Å². The quantitative estimate of drug-likeness (QED) is 0.854. The fourth-order valence-corrected chi connectivity index (χ4v) is 1.90. The van der Waals surface area contributed by atoms with Crippen molar-refractivity contribution in [3.63, 3.8) is 0 Å². The summed E-state index contributed by atoms with van der Waals surface area (Å²) >= 11 is 0. The van der Waals surface area contributed by atoms with E-state index in [4.69, 9.17) is 10.5 Å². The van der Waals surface area contributed by atoms with Gasteiger partial charge < -0.3 is 15.8 Å². The summed E-state index contributed by atoms with van der Waals surface area (Å²) in [5.41, 5.74) is 7.32. The molecular weight excluding hydrogens is 264 g/mol. The van der Waals surface area contributed by atoms with Crippen LogP contribution in [0.2, 0.25) is 0 Å². The summed E-state index contributed by atoms with van der Waals surface area (Å²) in [6, 6.07) is 9.68. The van der Waals surface area contributed by atoms with Crippen LogP contribution in [-0.4, -0.2) is 23.1 Å². The van der Waals surface area contributed by atoms with Gasteiger partial charge in [0.25, 0.3) is 0 Å². The highest BCUT2D eigenvalue weighted by Gasteiger charge is 2.06. The van der Waals surface area contributed by atoms with Crippen molar-refractivity contribution in [2.24, 2.45) is 5.73 Å². The Morgan fingerprint density at radius 2 is 2.05 bits per heavy atom. The second-order valence-corrected chi connectivity index (χ2v) is 5.20. The van der Waals surface area contributed by atoms with Gasteiger partial charge in [-0.05, 0) is 19.1 Å². The minimum absolute atomic E-state index is 0.296. The molecule has 3 N–H and O–H groups in total. The number of aryl methyl sites for hydroxylation is 1. The average Bonchev–Trinajstić information content (AvgIpc) is 2.45. The number of nitrogens with one attached hydrogen (secondary N) is 1. The van der Waals surface area contributed by atoms with Crippen LogP contribution in [0.4, 0.5) is 11.5 Å². The van der Waals surface area contributed by atoms with Gasteiger partial charge in [-0.15, -0.1) is 0 Å². The van der Waals surface area contributed by atoms with Crippen LogP contribution in [0, 0.1) is 6.92 Å². The Bertz CT molecular complexity index is 599.